The molecule has 0 spiro atoms. The molecule has 0 aromatic heterocycles. The Morgan fingerprint density at radius 1 is 0.952 bits per heavy atom. The molecule has 0 aliphatic rings. The number of para-hydroxylation sites is 2. The highest BCUT2D eigenvalue weighted by atomic mass is 16.5. The molecule has 2 rings (SSSR count). The van der Waals surface area contributed by atoms with Crippen molar-refractivity contribution in [1.82, 2.24) is 5.32 Å². The summed E-state index contributed by atoms with van der Waals surface area (Å²) in [5.41, 5.74) is 2.39. The van der Waals surface area contributed by atoms with Crippen LogP contribution in [-0.4, -0.2) is 13.2 Å². The van der Waals surface area contributed by atoms with E-state index in [0.717, 1.165) is 35.9 Å². The Bertz CT molecular complexity index is 581. The van der Waals surface area contributed by atoms with Crippen LogP contribution in [0.3, 0.4) is 0 Å². The molecule has 21 heavy (non-hydrogen) atoms. The predicted octanol–water partition coefficient (Wildman–Crippen LogP) is 4.30. The summed E-state index contributed by atoms with van der Waals surface area (Å²) in [5, 5.41) is 3.33. The van der Waals surface area contributed by atoms with Crippen molar-refractivity contribution in [2.45, 2.75) is 27.3 Å². The van der Waals surface area contributed by atoms with E-state index in [1.54, 1.807) is 0 Å². The zero-order valence-electron chi connectivity index (χ0n) is 13.0. The topological polar surface area (TPSA) is 30.5 Å². The minimum atomic E-state index is 0.626. The standard InChI is InChI=1S/C18H23NO2/c1-4-19-13-15-10-11-16(14(3)12-15)21-18-9-7-6-8-17(18)20-5-2/h6-12,19H,4-5,13H2,1-3H3. The fraction of sp³-hybridized carbons (Fsp3) is 0.333. The smallest absolute Gasteiger partial charge is 0.169 e. The van der Waals surface area contributed by atoms with E-state index in [4.69, 9.17) is 9.47 Å². The molecule has 0 unspecified atom stereocenters. The van der Waals surface area contributed by atoms with E-state index in [1.165, 1.54) is 5.56 Å². The molecule has 112 valence electrons. The Balaban J connectivity index is 2.16. The normalized spacial score (nSPS) is 10.4. The summed E-state index contributed by atoms with van der Waals surface area (Å²) in [7, 11) is 0. The summed E-state index contributed by atoms with van der Waals surface area (Å²) in [6.45, 7) is 8.62. The summed E-state index contributed by atoms with van der Waals surface area (Å²) < 4.78 is 11.6. The number of nitrogens with one attached hydrogen (secondary N) is 1. The van der Waals surface area contributed by atoms with Gasteiger partial charge in [-0.05, 0) is 49.7 Å². The van der Waals surface area contributed by atoms with Gasteiger partial charge in [0, 0.05) is 6.54 Å². The number of benzene rings is 2. The van der Waals surface area contributed by atoms with E-state index >= 15 is 0 Å². The third-order valence-corrected chi connectivity index (χ3v) is 3.19. The first-order valence-electron chi connectivity index (χ1n) is 7.44. The molecule has 0 saturated heterocycles. The number of ether oxygens (including phenoxy) is 2. The van der Waals surface area contributed by atoms with Crippen LogP contribution in [0.2, 0.25) is 0 Å². The van der Waals surface area contributed by atoms with Gasteiger partial charge in [-0.1, -0.05) is 31.2 Å². The lowest BCUT2D eigenvalue weighted by Gasteiger charge is -2.13. The minimum Gasteiger partial charge on any atom is -0.490 e. The van der Waals surface area contributed by atoms with Crippen molar-refractivity contribution >= 4 is 0 Å². The highest BCUT2D eigenvalue weighted by Gasteiger charge is 2.07. The quantitative estimate of drug-likeness (QED) is 0.823. The number of rotatable bonds is 7. The SMILES string of the molecule is CCNCc1ccc(Oc2ccccc2OCC)c(C)c1. The van der Waals surface area contributed by atoms with Crippen LogP contribution in [0, 0.1) is 6.92 Å². The molecule has 0 heterocycles. The van der Waals surface area contributed by atoms with Crippen molar-refractivity contribution < 1.29 is 9.47 Å². The monoisotopic (exact) mass is 285 g/mol. The Morgan fingerprint density at radius 3 is 2.38 bits per heavy atom. The third kappa shape index (κ3) is 4.23. The van der Waals surface area contributed by atoms with E-state index in [9.17, 15) is 0 Å². The van der Waals surface area contributed by atoms with E-state index < -0.39 is 0 Å². The molecule has 2 aromatic carbocycles. The van der Waals surface area contributed by atoms with Gasteiger partial charge in [0.25, 0.3) is 0 Å². The summed E-state index contributed by atoms with van der Waals surface area (Å²) in [4.78, 5) is 0. The molecule has 3 nitrogen and oxygen atoms in total. The second kappa shape index (κ2) is 7.70. The Labute approximate surface area is 126 Å². The van der Waals surface area contributed by atoms with E-state index in [0.29, 0.717) is 6.61 Å². The highest BCUT2D eigenvalue weighted by Crippen LogP contribution is 2.33. The molecule has 0 aliphatic heterocycles. The lowest BCUT2D eigenvalue weighted by atomic mass is 10.1. The van der Waals surface area contributed by atoms with Crippen molar-refractivity contribution in [3.63, 3.8) is 0 Å². The molecule has 0 saturated carbocycles. The molecule has 0 bridgehead atoms. The summed E-state index contributed by atoms with van der Waals surface area (Å²) >= 11 is 0. The van der Waals surface area contributed by atoms with Crippen LogP contribution in [-0.2, 0) is 6.54 Å². The molecule has 2 aromatic rings. The number of aryl methyl sites for hydroxylation is 1. The van der Waals surface area contributed by atoms with Crippen LogP contribution in [0.1, 0.15) is 25.0 Å². The van der Waals surface area contributed by atoms with Crippen LogP contribution >= 0.6 is 0 Å². The summed E-state index contributed by atoms with van der Waals surface area (Å²) in [6, 6.07) is 14.0. The first kappa shape index (κ1) is 15.4. The molecular weight excluding hydrogens is 262 g/mol. The molecule has 0 atom stereocenters. The average Bonchev–Trinajstić information content (AvgIpc) is 2.49. The third-order valence-electron chi connectivity index (χ3n) is 3.19. The van der Waals surface area contributed by atoms with Crippen molar-refractivity contribution in [2.24, 2.45) is 0 Å². The van der Waals surface area contributed by atoms with Gasteiger partial charge >= 0.3 is 0 Å². The zero-order chi connectivity index (χ0) is 15.1. The van der Waals surface area contributed by atoms with Gasteiger partial charge in [-0.2, -0.15) is 0 Å². The van der Waals surface area contributed by atoms with E-state index in [1.807, 2.05) is 37.3 Å². The van der Waals surface area contributed by atoms with Crippen LogP contribution in [0.5, 0.6) is 17.2 Å². The Kier molecular flexibility index (Phi) is 5.64. The van der Waals surface area contributed by atoms with Crippen LogP contribution in [0.15, 0.2) is 42.5 Å². The first-order chi connectivity index (χ1) is 10.2. The minimum absolute atomic E-state index is 0.626. The molecule has 3 heteroatoms. The average molecular weight is 285 g/mol. The van der Waals surface area contributed by atoms with E-state index in [2.05, 4.69) is 31.3 Å². The molecule has 0 fully saturated rings. The summed E-state index contributed by atoms with van der Waals surface area (Å²) in [6.07, 6.45) is 0. The maximum atomic E-state index is 6.01. The van der Waals surface area contributed by atoms with Gasteiger partial charge in [-0.25, -0.2) is 0 Å². The lowest BCUT2D eigenvalue weighted by Crippen LogP contribution is -2.11. The molecule has 0 amide bonds. The lowest BCUT2D eigenvalue weighted by molar-refractivity contribution is 0.321. The molecule has 0 aliphatic carbocycles. The maximum Gasteiger partial charge on any atom is 0.169 e. The zero-order valence-corrected chi connectivity index (χ0v) is 13.0. The summed E-state index contributed by atoms with van der Waals surface area (Å²) in [5.74, 6) is 2.39. The van der Waals surface area contributed by atoms with Crippen LogP contribution < -0.4 is 14.8 Å². The largest absolute Gasteiger partial charge is 0.490 e. The van der Waals surface area contributed by atoms with Crippen LogP contribution in [0.25, 0.3) is 0 Å². The fourth-order valence-corrected chi connectivity index (χ4v) is 2.13. The van der Waals surface area contributed by atoms with Crippen molar-refractivity contribution in [1.29, 1.82) is 0 Å². The Morgan fingerprint density at radius 2 is 1.71 bits per heavy atom. The second-order valence-corrected chi connectivity index (χ2v) is 4.86. The Hall–Kier alpha value is -2.00. The van der Waals surface area contributed by atoms with Gasteiger partial charge < -0.3 is 14.8 Å². The first-order valence-corrected chi connectivity index (χ1v) is 7.44. The number of hydrogen-bond donors (Lipinski definition) is 1. The predicted molar refractivity (Wildman–Crippen MR) is 86.2 cm³/mol. The van der Waals surface area contributed by atoms with Crippen molar-refractivity contribution in [2.75, 3.05) is 13.2 Å². The van der Waals surface area contributed by atoms with Gasteiger partial charge in [0.15, 0.2) is 11.5 Å². The van der Waals surface area contributed by atoms with E-state index in [-0.39, 0.29) is 0 Å². The molecular formula is C18H23NO2. The second-order valence-electron chi connectivity index (χ2n) is 4.86. The van der Waals surface area contributed by atoms with Crippen LogP contribution in [0.4, 0.5) is 0 Å². The van der Waals surface area contributed by atoms with Crippen molar-refractivity contribution in [3.05, 3.63) is 53.6 Å². The maximum absolute atomic E-state index is 6.01. The van der Waals surface area contributed by atoms with Gasteiger partial charge in [0.1, 0.15) is 5.75 Å². The van der Waals surface area contributed by atoms with Gasteiger partial charge in [-0.15, -0.1) is 0 Å². The molecule has 0 radical (unpaired) electrons. The highest BCUT2D eigenvalue weighted by molar-refractivity contribution is 5.45. The fourth-order valence-electron chi connectivity index (χ4n) is 2.13. The van der Waals surface area contributed by atoms with Crippen molar-refractivity contribution in [3.8, 4) is 17.2 Å². The number of hydrogen-bond acceptors (Lipinski definition) is 3. The van der Waals surface area contributed by atoms with Gasteiger partial charge in [-0.3, -0.25) is 0 Å². The van der Waals surface area contributed by atoms with Gasteiger partial charge in [0.05, 0.1) is 6.61 Å². The van der Waals surface area contributed by atoms with Gasteiger partial charge in [0.2, 0.25) is 0 Å². The molecule has 1 N–H and O–H groups in total.